The van der Waals surface area contributed by atoms with Gasteiger partial charge in [-0.05, 0) is 102 Å². The summed E-state index contributed by atoms with van der Waals surface area (Å²) < 4.78 is 5.10. The van der Waals surface area contributed by atoms with Gasteiger partial charge >= 0.3 is 0 Å². The van der Waals surface area contributed by atoms with Gasteiger partial charge in [0.1, 0.15) is 0 Å². The Kier molecular flexibility index (Phi) is 8.34. The predicted octanol–water partition coefficient (Wildman–Crippen LogP) is 15.8. The maximum absolute atomic E-state index is 2.48. The third kappa shape index (κ3) is 5.82. The van der Waals surface area contributed by atoms with Gasteiger partial charge in [0.25, 0.3) is 0 Å². The van der Waals surface area contributed by atoms with Gasteiger partial charge in [0.15, 0.2) is 0 Å². The average molecular weight is 760 g/mol. The molecule has 0 fully saturated rings. The zero-order valence-electron chi connectivity index (χ0n) is 31.6. The van der Waals surface area contributed by atoms with Crippen molar-refractivity contribution in [3.8, 4) is 16.8 Å². The minimum Gasteiger partial charge on any atom is -0.310 e. The first-order valence-electron chi connectivity index (χ1n) is 19.7. The van der Waals surface area contributed by atoms with E-state index in [1.54, 1.807) is 0 Å². The average Bonchev–Trinajstić information content (AvgIpc) is 3.84. The van der Waals surface area contributed by atoms with E-state index < -0.39 is 0 Å². The highest BCUT2D eigenvalue weighted by Gasteiger charge is 2.23. The van der Waals surface area contributed by atoms with Crippen molar-refractivity contribution in [2.75, 3.05) is 9.80 Å². The highest BCUT2D eigenvalue weighted by Crippen LogP contribution is 2.47. The lowest BCUT2D eigenvalue weighted by molar-refractivity contribution is 1.16. The molecule has 0 radical (unpaired) electrons. The van der Waals surface area contributed by atoms with Crippen molar-refractivity contribution >= 4 is 87.4 Å². The smallest absolute Gasteiger partial charge is 0.0555 e. The van der Waals surface area contributed by atoms with Gasteiger partial charge < -0.3 is 14.4 Å². The molecule has 2 aromatic heterocycles. The van der Waals surface area contributed by atoms with Gasteiger partial charge in [0, 0.05) is 53.7 Å². The SMILES string of the molecule is c1ccc(-c2ccc3c(c2)c2c4sc5ccccc5c4ccc2n3-c2cc(N(c3ccccc3)c3ccccc3)cc(N(c3ccccc3)c3ccccc3)c2)cc1. The largest absolute Gasteiger partial charge is 0.310 e. The van der Waals surface area contributed by atoms with Gasteiger partial charge in [-0.25, -0.2) is 0 Å². The molecular weight excluding hydrogens is 723 g/mol. The van der Waals surface area contributed by atoms with E-state index in [-0.39, 0.29) is 0 Å². The Hall–Kier alpha value is -7.40. The molecule has 0 N–H and O–H groups in total. The second-order valence-corrected chi connectivity index (χ2v) is 15.6. The second-order valence-electron chi connectivity index (χ2n) is 14.6. The van der Waals surface area contributed by atoms with E-state index in [0.717, 1.165) is 39.8 Å². The second kappa shape index (κ2) is 14.3. The van der Waals surface area contributed by atoms with Gasteiger partial charge in [-0.1, -0.05) is 133 Å². The lowest BCUT2D eigenvalue weighted by Gasteiger charge is -2.30. The molecule has 4 heteroatoms. The molecule has 0 spiro atoms. The number of benzene rings is 9. The molecule has 2 heterocycles. The maximum Gasteiger partial charge on any atom is 0.0555 e. The number of aromatic nitrogens is 1. The van der Waals surface area contributed by atoms with Crippen LogP contribution in [-0.2, 0) is 0 Å². The van der Waals surface area contributed by atoms with Gasteiger partial charge in [0.2, 0.25) is 0 Å². The van der Waals surface area contributed by atoms with Crippen LogP contribution in [0.25, 0.3) is 58.8 Å². The summed E-state index contributed by atoms with van der Waals surface area (Å²) in [7, 11) is 0. The fourth-order valence-electron chi connectivity index (χ4n) is 8.54. The van der Waals surface area contributed by atoms with Gasteiger partial charge in [-0.2, -0.15) is 0 Å². The van der Waals surface area contributed by atoms with Crippen LogP contribution in [0.5, 0.6) is 0 Å². The summed E-state index contributed by atoms with van der Waals surface area (Å²) >= 11 is 1.89. The first-order valence-corrected chi connectivity index (χ1v) is 20.5. The Morgan fingerprint density at radius 2 is 0.810 bits per heavy atom. The van der Waals surface area contributed by atoms with Crippen LogP contribution in [0, 0.1) is 0 Å². The van der Waals surface area contributed by atoms with Crippen LogP contribution >= 0.6 is 11.3 Å². The standard InChI is InChI=1S/C54H37N3S/c1-6-18-38(19-7-1)39-30-32-50-49(34-39)53-51(33-31-48-47-28-16-17-29-52(47)58-54(48)53)57(50)46-36-44(55(40-20-8-2-9-21-40)41-22-10-3-11-23-41)35-45(37-46)56(42-24-12-4-13-25-42)43-26-14-5-15-27-43/h1-37H. The zero-order chi connectivity index (χ0) is 38.4. The lowest BCUT2D eigenvalue weighted by Crippen LogP contribution is -2.14. The highest BCUT2D eigenvalue weighted by molar-refractivity contribution is 7.26. The van der Waals surface area contributed by atoms with Crippen molar-refractivity contribution in [1.82, 2.24) is 4.57 Å². The summed E-state index contributed by atoms with van der Waals surface area (Å²) in [5, 5.41) is 5.12. The van der Waals surface area contributed by atoms with E-state index in [1.165, 1.54) is 53.1 Å². The van der Waals surface area contributed by atoms with Crippen molar-refractivity contribution in [1.29, 1.82) is 0 Å². The van der Waals surface area contributed by atoms with Crippen molar-refractivity contribution in [2.45, 2.75) is 0 Å². The van der Waals surface area contributed by atoms with Crippen LogP contribution in [-0.4, -0.2) is 4.57 Å². The monoisotopic (exact) mass is 759 g/mol. The van der Waals surface area contributed by atoms with E-state index in [1.807, 2.05) is 11.3 Å². The molecule has 0 saturated heterocycles. The molecule has 0 saturated carbocycles. The third-order valence-electron chi connectivity index (χ3n) is 11.1. The molecule has 58 heavy (non-hydrogen) atoms. The van der Waals surface area contributed by atoms with Crippen molar-refractivity contribution in [3.63, 3.8) is 0 Å². The molecule has 0 aliphatic carbocycles. The predicted molar refractivity (Wildman–Crippen MR) is 248 cm³/mol. The topological polar surface area (TPSA) is 11.4 Å². The summed E-state index contributed by atoms with van der Waals surface area (Å²) in [6.45, 7) is 0. The van der Waals surface area contributed by atoms with Crippen LogP contribution in [0.15, 0.2) is 224 Å². The fraction of sp³-hybridized carbons (Fsp3) is 0. The number of hydrogen-bond acceptors (Lipinski definition) is 3. The molecule has 9 aromatic carbocycles. The van der Waals surface area contributed by atoms with E-state index in [4.69, 9.17) is 0 Å². The van der Waals surface area contributed by atoms with Crippen LogP contribution < -0.4 is 9.80 Å². The first kappa shape index (κ1) is 33.9. The lowest BCUT2D eigenvalue weighted by atomic mass is 10.0. The molecule has 0 atom stereocenters. The molecule has 11 rings (SSSR count). The Bertz CT molecular complexity index is 3030. The first-order chi connectivity index (χ1) is 28.8. The van der Waals surface area contributed by atoms with Crippen molar-refractivity contribution in [3.05, 3.63) is 224 Å². The molecule has 0 unspecified atom stereocenters. The summed E-state index contributed by atoms with van der Waals surface area (Å²) in [5.74, 6) is 0. The summed E-state index contributed by atoms with van der Waals surface area (Å²) in [4.78, 5) is 4.74. The van der Waals surface area contributed by atoms with Crippen LogP contribution in [0.1, 0.15) is 0 Å². The quantitative estimate of drug-likeness (QED) is 0.153. The molecule has 274 valence electrons. The summed E-state index contributed by atoms with van der Waals surface area (Å²) in [5.41, 5.74) is 12.3. The highest BCUT2D eigenvalue weighted by atomic mass is 32.1. The number of anilines is 6. The fourth-order valence-corrected chi connectivity index (χ4v) is 9.80. The van der Waals surface area contributed by atoms with Gasteiger partial charge in [0.05, 0.1) is 28.1 Å². The summed E-state index contributed by atoms with van der Waals surface area (Å²) in [6.07, 6.45) is 0. The Balaban J connectivity index is 1.25. The Morgan fingerprint density at radius 1 is 0.328 bits per heavy atom. The Labute approximate surface area is 341 Å². The van der Waals surface area contributed by atoms with Gasteiger partial charge in [-0.15, -0.1) is 11.3 Å². The van der Waals surface area contributed by atoms with E-state index >= 15 is 0 Å². The molecular formula is C54H37N3S. The Morgan fingerprint density at radius 3 is 1.36 bits per heavy atom. The third-order valence-corrected chi connectivity index (χ3v) is 12.3. The minimum atomic E-state index is 1.06. The normalized spacial score (nSPS) is 11.4. The number of rotatable bonds is 8. The number of nitrogens with zero attached hydrogens (tertiary/aromatic N) is 3. The number of hydrogen-bond donors (Lipinski definition) is 0. The summed E-state index contributed by atoms with van der Waals surface area (Å²) in [6, 6.07) is 81.0. The van der Waals surface area contributed by atoms with Crippen LogP contribution in [0.2, 0.25) is 0 Å². The molecule has 0 amide bonds. The van der Waals surface area contributed by atoms with Crippen LogP contribution in [0.3, 0.4) is 0 Å². The van der Waals surface area contributed by atoms with E-state index in [9.17, 15) is 0 Å². The molecule has 3 nitrogen and oxygen atoms in total. The van der Waals surface area contributed by atoms with Gasteiger partial charge in [-0.3, -0.25) is 0 Å². The molecule has 0 aliphatic rings. The number of thiophene rings is 1. The number of fused-ring (bicyclic) bond motifs is 7. The molecule has 11 aromatic rings. The zero-order valence-corrected chi connectivity index (χ0v) is 32.4. The molecule has 0 bridgehead atoms. The minimum absolute atomic E-state index is 1.06. The maximum atomic E-state index is 2.48. The van der Waals surface area contributed by atoms with E-state index in [2.05, 4.69) is 239 Å². The molecule has 0 aliphatic heterocycles. The van der Waals surface area contributed by atoms with Crippen molar-refractivity contribution in [2.24, 2.45) is 0 Å². The van der Waals surface area contributed by atoms with E-state index in [0.29, 0.717) is 0 Å². The number of para-hydroxylation sites is 4. The van der Waals surface area contributed by atoms with Crippen LogP contribution in [0.4, 0.5) is 34.1 Å². The van der Waals surface area contributed by atoms with Crippen molar-refractivity contribution < 1.29 is 0 Å².